The van der Waals surface area contributed by atoms with E-state index < -0.39 is 89.6 Å². The highest BCUT2D eigenvalue weighted by atomic mass is 32.2. The first-order chi connectivity index (χ1) is 30.0. The van der Waals surface area contributed by atoms with Crippen molar-refractivity contribution in [3.8, 4) is 17.2 Å². The summed E-state index contributed by atoms with van der Waals surface area (Å²) in [6, 6.07) is 13.5. The van der Waals surface area contributed by atoms with Gasteiger partial charge < -0.3 is 29.5 Å². The van der Waals surface area contributed by atoms with Crippen molar-refractivity contribution in [3.05, 3.63) is 123 Å². The van der Waals surface area contributed by atoms with Crippen LogP contribution in [-0.4, -0.2) is 97.2 Å². The summed E-state index contributed by atoms with van der Waals surface area (Å²) in [5, 5.41) is 20.9. The maximum Gasteiger partial charge on any atom is 0.417 e. The summed E-state index contributed by atoms with van der Waals surface area (Å²) in [6.07, 6.45) is -3.19. The first-order valence-corrected chi connectivity index (χ1v) is 23.1. The number of aliphatic hydroxyl groups excluding tert-OH is 1. The molecular weight excluding hydrogens is 896 g/mol. The molecule has 0 saturated heterocycles. The SMILES string of the molecule is CN1c2cc3c(cc2C(CS(=O)(=O)O)=CC1(C)C)C1(c2cc4c(cc2O3)N(C)C(C)(C)C=C4CS(=O)(=O)O)c2cc(C(=O)O)ccc2C(=O)N1c1ccc2c(c1)OC(O)C=C2C(F)(F)F. The Morgan fingerprint density at radius 3 is 1.71 bits per heavy atom. The number of allylic oxidation sites excluding steroid dienone is 1. The minimum Gasteiger partial charge on any atom is -0.478 e. The number of aliphatic hydroxyl groups is 1. The van der Waals surface area contributed by atoms with Crippen LogP contribution in [0.2, 0.25) is 0 Å². The number of benzene rings is 4. The summed E-state index contributed by atoms with van der Waals surface area (Å²) in [5.74, 6) is -4.16. The Kier molecular flexibility index (Phi) is 9.42. The number of hydrogen-bond acceptors (Lipinski definition) is 11. The number of amides is 1. The number of hydrogen-bond donors (Lipinski definition) is 4. The molecule has 4 aromatic carbocycles. The van der Waals surface area contributed by atoms with Crippen LogP contribution in [-0.2, 0) is 25.8 Å². The van der Waals surface area contributed by atoms with E-state index in [1.54, 1.807) is 50.5 Å². The third-order valence-electron chi connectivity index (χ3n) is 12.9. The third-order valence-corrected chi connectivity index (χ3v) is 14.2. The Balaban J connectivity index is 1.44. The lowest BCUT2D eigenvalue weighted by atomic mass is 9.71. The number of nitrogens with zero attached hydrogens (tertiary/aromatic N) is 3. The van der Waals surface area contributed by atoms with Gasteiger partial charge in [-0.1, -0.05) is 12.2 Å². The lowest BCUT2D eigenvalue weighted by Crippen LogP contribution is -2.49. The summed E-state index contributed by atoms with van der Waals surface area (Å²) in [4.78, 5) is 33.0. The lowest BCUT2D eigenvalue weighted by molar-refractivity contribution is -0.0729. The van der Waals surface area contributed by atoms with E-state index >= 15 is 4.79 Å². The van der Waals surface area contributed by atoms with E-state index in [0.717, 1.165) is 12.1 Å². The first kappa shape index (κ1) is 44.0. The van der Waals surface area contributed by atoms with E-state index in [-0.39, 0.29) is 67.3 Å². The van der Waals surface area contributed by atoms with Crippen molar-refractivity contribution in [1.29, 1.82) is 0 Å². The molecule has 4 N–H and O–H groups in total. The average molecular weight is 936 g/mol. The molecule has 1 amide bonds. The van der Waals surface area contributed by atoms with Crippen LogP contribution in [0.25, 0.3) is 16.7 Å². The van der Waals surface area contributed by atoms with Gasteiger partial charge in [0.1, 0.15) is 34.3 Å². The molecule has 0 aliphatic carbocycles. The van der Waals surface area contributed by atoms with Crippen molar-refractivity contribution in [2.45, 2.75) is 56.8 Å². The van der Waals surface area contributed by atoms with Gasteiger partial charge in [-0.05, 0) is 87.4 Å². The smallest absolute Gasteiger partial charge is 0.417 e. The fraction of sp³-hybridized carbons (Fsp3) is 0.289. The van der Waals surface area contributed by atoms with Crippen molar-refractivity contribution >= 4 is 65.9 Å². The van der Waals surface area contributed by atoms with Gasteiger partial charge in [0.15, 0.2) is 0 Å². The summed E-state index contributed by atoms with van der Waals surface area (Å²) in [6.45, 7) is 7.25. The van der Waals surface area contributed by atoms with Gasteiger partial charge in [0.05, 0.1) is 22.2 Å². The molecule has 9 rings (SSSR count). The molecule has 340 valence electrons. The molecule has 0 bridgehead atoms. The molecule has 5 heterocycles. The molecule has 0 aromatic heterocycles. The standard InChI is InChI=1S/C45H40F3N3O12S2/c1-42(2)18-23(20-64(56,57)58)28-13-32-37(16-34(28)49(42)5)62-38-17-35-29(24(21-65(59,60)61)19-43(3,4)50(35)6)14-33(38)44(32)30-11-22(41(54)55)7-9-27(30)40(53)51(44)25-8-10-26-31(45(46,47)48)15-39(52)63-36(26)12-25/h7-19,39,52H,20-21H2,1-6H3,(H,54,55)(H,56,57,58)(H,59,60,61). The zero-order valence-electron chi connectivity index (χ0n) is 35.3. The number of likely N-dealkylation sites (N-methyl/N-ethyl adjacent to an activating group) is 2. The van der Waals surface area contributed by atoms with E-state index in [2.05, 4.69) is 0 Å². The predicted molar refractivity (Wildman–Crippen MR) is 234 cm³/mol. The molecule has 20 heteroatoms. The fourth-order valence-electron chi connectivity index (χ4n) is 9.67. The van der Waals surface area contributed by atoms with Crippen molar-refractivity contribution < 1.29 is 68.4 Å². The molecule has 5 aliphatic heterocycles. The third kappa shape index (κ3) is 6.88. The van der Waals surface area contributed by atoms with Gasteiger partial charge in [-0.15, -0.1) is 0 Å². The summed E-state index contributed by atoms with van der Waals surface area (Å²) >= 11 is 0. The molecule has 1 spiro atoms. The van der Waals surface area contributed by atoms with E-state index in [0.29, 0.717) is 17.5 Å². The normalized spacial score (nSPS) is 19.9. The van der Waals surface area contributed by atoms with Crippen molar-refractivity contribution in [1.82, 2.24) is 0 Å². The topological polar surface area (TPSA) is 212 Å². The number of halogens is 3. The van der Waals surface area contributed by atoms with Gasteiger partial charge in [-0.25, -0.2) is 4.79 Å². The van der Waals surface area contributed by atoms with Crippen LogP contribution < -0.4 is 24.2 Å². The van der Waals surface area contributed by atoms with E-state index in [1.165, 1.54) is 29.2 Å². The number of carbonyl (C=O) groups excluding carboxylic acids is 1. The van der Waals surface area contributed by atoms with Crippen molar-refractivity contribution in [2.75, 3.05) is 40.3 Å². The van der Waals surface area contributed by atoms with Crippen LogP contribution in [0.4, 0.5) is 30.2 Å². The molecular formula is C45H40F3N3O12S2. The molecule has 4 aromatic rings. The quantitative estimate of drug-likeness (QED) is 0.142. The minimum atomic E-state index is -4.93. The summed E-state index contributed by atoms with van der Waals surface area (Å²) in [5.41, 5.74) is -3.94. The number of alkyl halides is 3. The maximum atomic E-state index is 15.4. The number of carboxylic acids is 1. The number of fused-ring (bicyclic) bond motifs is 9. The number of carbonyl (C=O) groups is 2. The Bertz CT molecular complexity index is 3050. The second-order valence-corrected chi connectivity index (χ2v) is 20.6. The van der Waals surface area contributed by atoms with Gasteiger partial charge in [0.25, 0.3) is 26.1 Å². The van der Waals surface area contributed by atoms with Crippen molar-refractivity contribution in [3.63, 3.8) is 0 Å². The van der Waals surface area contributed by atoms with Crippen LogP contribution in [0.5, 0.6) is 17.2 Å². The van der Waals surface area contributed by atoms with E-state index in [1.807, 2.05) is 37.5 Å². The second-order valence-electron chi connectivity index (χ2n) is 17.7. The molecule has 5 aliphatic rings. The Morgan fingerprint density at radius 2 is 1.23 bits per heavy atom. The second kappa shape index (κ2) is 13.9. The maximum absolute atomic E-state index is 15.4. The summed E-state index contributed by atoms with van der Waals surface area (Å²) in [7, 11) is -5.86. The zero-order chi connectivity index (χ0) is 47.3. The van der Waals surface area contributed by atoms with Crippen molar-refractivity contribution in [2.24, 2.45) is 0 Å². The predicted octanol–water partition coefficient (Wildman–Crippen LogP) is 7.10. The van der Waals surface area contributed by atoms with Crippen LogP contribution in [0.15, 0.2) is 78.9 Å². The minimum absolute atomic E-state index is 0.0391. The molecule has 0 saturated carbocycles. The molecule has 1 unspecified atom stereocenters. The van der Waals surface area contributed by atoms with Crippen LogP contribution >= 0.6 is 0 Å². The number of ether oxygens (including phenoxy) is 2. The van der Waals surface area contributed by atoms with Gasteiger partial charge in [0, 0.05) is 88.3 Å². The highest BCUT2D eigenvalue weighted by Crippen LogP contribution is 2.62. The molecule has 15 nitrogen and oxygen atoms in total. The highest BCUT2D eigenvalue weighted by molar-refractivity contribution is 7.86. The fourth-order valence-corrected chi connectivity index (χ4v) is 10.9. The molecule has 0 fully saturated rings. The lowest BCUT2D eigenvalue weighted by Gasteiger charge is -2.48. The van der Waals surface area contributed by atoms with Crippen LogP contribution in [0, 0.1) is 0 Å². The molecule has 0 radical (unpaired) electrons. The molecule has 1 atom stereocenters. The average Bonchev–Trinajstić information content (AvgIpc) is 3.43. The Labute approximate surface area is 370 Å². The number of carboxylic acid groups (broad SMARTS) is 1. The first-order valence-electron chi connectivity index (χ1n) is 19.9. The van der Waals surface area contributed by atoms with Gasteiger partial charge >= 0.3 is 12.1 Å². The van der Waals surface area contributed by atoms with E-state index in [9.17, 15) is 54.1 Å². The Morgan fingerprint density at radius 1 is 0.723 bits per heavy atom. The van der Waals surface area contributed by atoms with Crippen LogP contribution in [0.3, 0.4) is 0 Å². The summed E-state index contributed by atoms with van der Waals surface area (Å²) < 4.78 is 126. The largest absolute Gasteiger partial charge is 0.478 e. The van der Waals surface area contributed by atoms with Gasteiger partial charge in [-0.3, -0.25) is 18.8 Å². The van der Waals surface area contributed by atoms with Crippen LogP contribution in [0.1, 0.15) is 81.8 Å². The van der Waals surface area contributed by atoms with Gasteiger partial charge in [-0.2, -0.15) is 30.0 Å². The number of aromatic carboxylic acids is 1. The number of anilines is 3. The van der Waals surface area contributed by atoms with E-state index in [4.69, 9.17) is 9.47 Å². The molecule has 65 heavy (non-hydrogen) atoms. The monoisotopic (exact) mass is 935 g/mol. The highest BCUT2D eigenvalue weighted by Gasteiger charge is 2.59. The Hall–Kier alpha value is -6.19. The zero-order valence-corrected chi connectivity index (χ0v) is 37.0. The van der Waals surface area contributed by atoms with Gasteiger partial charge in [0.2, 0.25) is 6.29 Å². The number of rotatable bonds is 6.